The molecule has 0 saturated carbocycles. The number of aliphatic imine (C=N–C) groups is 1. The van der Waals surface area contributed by atoms with Crippen LogP contribution in [0.4, 0.5) is 0 Å². The minimum absolute atomic E-state index is 0. The molecule has 1 unspecified atom stereocenters. The molecule has 1 aromatic heterocycles. The number of nitrogens with zero attached hydrogens (tertiary/aromatic N) is 1. The third-order valence-corrected chi connectivity index (χ3v) is 4.60. The zero-order chi connectivity index (χ0) is 16.7. The van der Waals surface area contributed by atoms with Crippen LogP contribution in [0.2, 0.25) is 0 Å². The van der Waals surface area contributed by atoms with Gasteiger partial charge in [-0.15, -0.1) is 35.3 Å². The number of carbonyl (C=O) groups excluding carboxylic acids is 1. The van der Waals surface area contributed by atoms with E-state index >= 15 is 0 Å². The Hall–Kier alpha value is -1.61. The van der Waals surface area contributed by atoms with Gasteiger partial charge in [0.1, 0.15) is 0 Å². The molecule has 1 aromatic carbocycles. The number of hydrogen-bond donors (Lipinski definition) is 3. The number of benzene rings is 1. The zero-order valence-electron chi connectivity index (χ0n) is 13.8. The van der Waals surface area contributed by atoms with Gasteiger partial charge in [-0.1, -0.05) is 25.1 Å². The normalized spacial score (nSPS) is 12.2. The Labute approximate surface area is 163 Å². The van der Waals surface area contributed by atoms with Gasteiger partial charge in [-0.3, -0.25) is 9.79 Å². The maximum Gasteiger partial charge on any atom is 0.248 e. The van der Waals surface area contributed by atoms with Gasteiger partial charge in [0, 0.05) is 36.5 Å². The van der Waals surface area contributed by atoms with E-state index in [9.17, 15) is 4.79 Å². The van der Waals surface area contributed by atoms with Gasteiger partial charge in [0.25, 0.3) is 0 Å². The molecule has 2 rings (SSSR count). The third-order valence-electron chi connectivity index (χ3n) is 3.50. The van der Waals surface area contributed by atoms with Gasteiger partial charge in [0.15, 0.2) is 5.96 Å². The average Bonchev–Trinajstić information content (AvgIpc) is 3.09. The number of carbonyl (C=O) groups is 1. The molecule has 0 spiro atoms. The standard InChI is InChI=1S/C17H22N4OS.HI/c1-12(15-7-4-8-23-15)10-20-17(19-2)21-11-13-5-3-6-14(9-13)16(18)22;/h3-9,12H,10-11H2,1-2H3,(H2,18,22)(H2,19,20,21);1H. The van der Waals surface area contributed by atoms with Gasteiger partial charge in [0.2, 0.25) is 5.91 Å². The largest absolute Gasteiger partial charge is 0.366 e. The molecule has 2 aromatic rings. The molecule has 0 fully saturated rings. The molecule has 0 bridgehead atoms. The second-order valence-electron chi connectivity index (χ2n) is 5.29. The molecule has 0 aliphatic rings. The van der Waals surface area contributed by atoms with Crippen molar-refractivity contribution < 1.29 is 4.79 Å². The van der Waals surface area contributed by atoms with Crippen LogP contribution < -0.4 is 16.4 Å². The summed E-state index contributed by atoms with van der Waals surface area (Å²) in [7, 11) is 1.74. The van der Waals surface area contributed by atoms with Crippen LogP contribution in [0.15, 0.2) is 46.8 Å². The van der Waals surface area contributed by atoms with Gasteiger partial charge >= 0.3 is 0 Å². The molecule has 0 aliphatic heterocycles. The average molecular weight is 458 g/mol. The van der Waals surface area contributed by atoms with Gasteiger partial charge in [-0.05, 0) is 29.1 Å². The van der Waals surface area contributed by atoms with Crippen molar-refractivity contribution in [2.24, 2.45) is 10.7 Å². The Morgan fingerprint density at radius 3 is 2.71 bits per heavy atom. The first-order valence-corrected chi connectivity index (χ1v) is 8.34. The summed E-state index contributed by atoms with van der Waals surface area (Å²) in [6, 6.07) is 11.5. The van der Waals surface area contributed by atoms with Crippen LogP contribution in [0, 0.1) is 0 Å². The molecule has 1 atom stereocenters. The molecule has 24 heavy (non-hydrogen) atoms. The van der Waals surface area contributed by atoms with E-state index < -0.39 is 5.91 Å². The minimum Gasteiger partial charge on any atom is -0.366 e. The van der Waals surface area contributed by atoms with E-state index in [1.807, 2.05) is 12.1 Å². The van der Waals surface area contributed by atoms with Gasteiger partial charge < -0.3 is 16.4 Å². The predicted molar refractivity (Wildman–Crippen MR) is 111 cm³/mol. The van der Waals surface area contributed by atoms with Crippen LogP contribution in [0.3, 0.4) is 0 Å². The Morgan fingerprint density at radius 2 is 2.08 bits per heavy atom. The molecular formula is C17H23IN4OS. The molecule has 0 saturated heterocycles. The van der Waals surface area contributed by atoms with Crippen LogP contribution in [-0.4, -0.2) is 25.5 Å². The second kappa shape index (κ2) is 10.3. The van der Waals surface area contributed by atoms with E-state index in [2.05, 4.69) is 40.1 Å². The predicted octanol–water partition coefficient (Wildman–Crippen LogP) is 2.93. The highest BCUT2D eigenvalue weighted by Gasteiger charge is 2.08. The number of nitrogens with two attached hydrogens (primary N) is 1. The molecular weight excluding hydrogens is 435 g/mol. The first kappa shape index (κ1) is 20.4. The maximum absolute atomic E-state index is 11.2. The summed E-state index contributed by atoms with van der Waals surface area (Å²) in [6.45, 7) is 3.57. The summed E-state index contributed by atoms with van der Waals surface area (Å²) in [5.41, 5.74) is 6.79. The number of primary amides is 1. The van der Waals surface area contributed by atoms with Crippen LogP contribution in [0.5, 0.6) is 0 Å². The molecule has 1 amide bonds. The van der Waals surface area contributed by atoms with Crippen molar-refractivity contribution >= 4 is 47.2 Å². The number of guanidine groups is 1. The Morgan fingerprint density at radius 1 is 1.29 bits per heavy atom. The lowest BCUT2D eigenvalue weighted by molar-refractivity contribution is 0.1000. The fourth-order valence-corrected chi connectivity index (χ4v) is 2.95. The molecule has 130 valence electrons. The SMILES string of the molecule is CN=C(NCc1cccc(C(N)=O)c1)NCC(C)c1cccs1.I. The molecule has 7 heteroatoms. The molecule has 4 N–H and O–H groups in total. The van der Waals surface area contributed by atoms with E-state index in [1.165, 1.54) is 4.88 Å². The fourth-order valence-electron chi connectivity index (χ4n) is 2.16. The third kappa shape index (κ3) is 6.12. The van der Waals surface area contributed by atoms with Crippen molar-refractivity contribution in [3.05, 3.63) is 57.8 Å². The van der Waals surface area contributed by atoms with Crippen molar-refractivity contribution in [1.29, 1.82) is 0 Å². The Bertz CT molecular complexity index is 673. The summed E-state index contributed by atoms with van der Waals surface area (Å²) >= 11 is 1.76. The number of halogens is 1. The van der Waals surface area contributed by atoms with Crippen LogP contribution in [0.25, 0.3) is 0 Å². The van der Waals surface area contributed by atoms with Crippen molar-refractivity contribution in [2.45, 2.75) is 19.4 Å². The van der Waals surface area contributed by atoms with Crippen LogP contribution >= 0.6 is 35.3 Å². The zero-order valence-corrected chi connectivity index (χ0v) is 16.9. The summed E-state index contributed by atoms with van der Waals surface area (Å²) in [5, 5.41) is 8.65. The van der Waals surface area contributed by atoms with Crippen molar-refractivity contribution in [1.82, 2.24) is 10.6 Å². The number of hydrogen-bond acceptors (Lipinski definition) is 3. The first-order chi connectivity index (χ1) is 11.1. The summed E-state index contributed by atoms with van der Waals surface area (Å²) in [4.78, 5) is 16.8. The van der Waals surface area contributed by atoms with E-state index in [1.54, 1.807) is 30.5 Å². The lowest BCUT2D eigenvalue weighted by atomic mass is 10.1. The van der Waals surface area contributed by atoms with Crippen molar-refractivity contribution in [3.63, 3.8) is 0 Å². The highest BCUT2D eigenvalue weighted by molar-refractivity contribution is 14.0. The smallest absolute Gasteiger partial charge is 0.248 e. The van der Waals surface area contributed by atoms with Gasteiger partial charge in [-0.2, -0.15) is 0 Å². The van der Waals surface area contributed by atoms with Gasteiger partial charge in [0.05, 0.1) is 0 Å². The van der Waals surface area contributed by atoms with E-state index in [-0.39, 0.29) is 24.0 Å². The highest BCUT2D eigenvalue weighted by Crippen LogP contribution is 2.19. The molecule has 0 aliphatic carbocycles. The number of nitrogens with one attached hydrogen (secondary N) is 2. The first-order valence-electron chi connectivity index (χ1n) is 7.47. The lowest BCUT2D eigenvalue weighted by Crippen LogP contribution is -2.38. The van der Waals surface area contributed by atoms with E-state index in [0.29, 0.717) is 18.0 Å². The van der Waals surface area contributed by atoms with Crippen molar-refractivity contribution in [3.8, 4) is 0 Å². The lowest BCUT2D eigenvalue weighted by Gasteiger charge is -2.15. The van der Waals surface area contributed by atoms with Gasteiger partial charge in [-0.25, -0.2) is 0 Å². The van der Waals surface area contributed by atoms with E-state index in [0.717, 1.165) is 18.1 Å². The topological polar surface area (TPSA) is 79.5 Å². The van der Waals surface area contributed by atoms with Crippen LogP contribution in [-0.2, 0) is 6.54 Å². The van der Waals surface area contributed by atoms with Crippen molar-refractivity contribution in [2.75, 3.05) is 13.6 Å². The summed E-state index contributed by atoms with van der Waals surface area (Å²) in [6.07, 6.45) is 0. The quantitative estimate of drug-likeness (QED) is 0.354. The maximum atomic E-state index is 11.2. The molecule has 0 radical (unpaired) electrons. The second-order valence-corrected chi connectivity index (χ2v) is 6.27. The number of amides is 1. The monoisotopic (exact) mass is 458 g/mol. The molecule has 1 heterocycles. The van der Waals surface area contributed by atoms with E-state index in [4.69, 9.17) is 5.73 Å². The Kier molecular flexibility index (Phi) is 8.77. The number of thiophene rings is 1. The molecule has 5 nitrogen and oxygen atoms in total. The summed E-state index contributed by atoms with van der Waals surface area (Å²) < 4.78 is 0. The minimum atomic E-state index is -0.417. The summed E-state index contributed by atoms with van der Waals surface area (Å²) in [5.74, 6) is 0.740. The Balaban J connectivity index is 0.00000288. The highest BCUT2D eigenvalue weighted by atomic mass is 127. The van der Waals surface area contributed by atoms with Crippen LogP contribution in [0.1, 0.15) is 33.6 Å². The number of rotatable bonds is 6. The fraction of sp³-hybridized carbons (Fsp3) is 0.294.